The van der Waals surface area contributed by atoms with Gasteiger partial charge in [-0.2, -0.15) is 0 Å². The van der Waals surface area contributed by atoms with Gasteiger partial charge in [0.05, 0.1) is 9.95 Å². The first kappa shape index (κ1) is 11.8. The van der Waals surface area contributed by atoms with Crippen LogP contribution in [0.15, 0.2) is 18.2 Å². The third-order valence-electron chi connectivity index (χ3n) is 2.19. The van der Waals surface area contributed by atoms with Crippen molar-refractivity contribution >= 4 is 23.0 Å². The van der Waals surface area contributed by atoms with Crippen molar-refractivity contribution in [1.29, 1.82) is 0 Å². The van der Waals surface area contributed by atoms with E-state index >= 15 is 0 Å². The molecule has 1 aromatic rings. The molecule has 1 aromatic carbocycles. The number of hydrogen-bond acceptors (Lipinski definition) is 3. The molecule has 1 N–H and O–H groups in total. The van der Waals surface area contributed by atoms with E-state index in [4.69, 9.17) is 11.6 Å². The van der Waals surface area contributed by atoms with E-state index in [1.54, 1.807) is 12.1 Å². The lowest BCUT2D eigenvalue weighted by Crippen LogP contribution is -2.14. The molecule has 0 heterocycles. The van der Waals surface area contributed by atoms with E-state index < -0.39 is 4.92 Å². The predicted octanol–water partition coefficient (Wildman–Crippen LogP) is 3.46. The van der Waals surface area contributed by atoms with Gasteiger partial charge in [-0.25, -0.2) is 0 Å². The second-order valence-electron chi connectivity index (χ2n) is 3.34. The molecule has 0 saturated heterocycles. The summed E-state index contributed by atoms with van der Waals surface area (Å²) in [6.45, 7) is 3.95. The maximum Gasteiger partial charge on any atom is 0.293 e. The van der Waals surface area contributed by atoms with Gasteiger partial charge in [-0.1, -0.05) is 24.6 Å². The van der Waals surface area contributed by atoms with Crippen LogP contribution in [-0.2, 0) is 0 Å². The summed E-state index contributed by atoms with van der Waals surface area (Å²) in [5, 5.41) is 14.2. The number of anilines is 1. The van der Waals surface area contributed by atoms with Crippen LogP contribution in [0.3, 0.4) is 0 Å². The number of hydrogen-bond donors (Lipinski definition) is 1. The molecule has 5 heteroatoms. The zero-order chi connectivity index (χ0) is 11.4. The molecule has 0 fully saturated rings. The summed E-state index contributed by atoms with van der Waals surface area (Å²) in [4.78, 5) is 10.3. The summed E-state index contributed by atoms with van der Waals surface area (Å²) in [5.74, 6) is 0. The maximum absolute atomic E-state index is 10.8. The number of halogens is 1. The molecule has 0 aliphatic rings. The normalized spacial score (nSPS) is 12.2. The monoisotopic (exact) mass is 228 g/mol. The van der Waals surface area contributed by atoms with Crippen LogP contribution >= 0.6 is 11.6 Å². The van der Waals surface area contributed by atoms with Crippen LogP contribution in [0.5, 0.6) is 0 Å². The lowest BCUT2D eigenvalue weighted by Gasteiger charge is -2.14. The van der Waals surface area contributed by atoms with E-state index in [0.29, 0.717) is 10.7 Å². The average molecular weight is 229 g/mol. The fourth-order valence-corrected chi connectivity index (χ4v) is 1.38. The highest BCUT2D eigenvalue weighted by atomic mass is 35.5. The summed E-state index contributed by atoms with van der Waals surface area (Å²) in [6.07, 6.45) is 0.877. The number of nitro groups is 1. The van der Waals surface area contributed by atoms with Crippen molar-refractivity contribution in [3.05, 3.63) is 33.3 Å². The summed E-state index contributed by atoms with van der Waals surface area (Å²) in [5.41, 5.74) is 0.418. The van der Waals surface area contributed by atoms with Crippen LogP contribution in [0.25, 0.3) is 0 Å². The first-order chi connectivity index (χ1) is 7.06. The van der Waals surface area contributed by atoms with Gasteiger partial charge in [-0.05, 0) is 19.4 Å². The van der Waals surface area contributed by atoms with Gasteiger partial charge in [-0.15, -0.1) is 0 Å². The highest BCUT2D eigenvalue weighted by molar-refractivity contribution is 6.33. The Morgan fingerprint density at radius 1 is 1.60 bits per heavy atom. The van der Waals surface area contributed by atoms with Gasteiger partial charge in [0, 0.05) is 12.1 Å². The van der Waals surface area contributed by atoms with Crippen LogP contribution in [-0.4, -0.2) is 11.0 Å². The Hall–Kier alpha value is -1.29. The third kappa shape index (κ3) is 2.83. The zero-order valence-corrected chi connectivity index (χ0v) is 9.41. The zero-order valence-electron chi connectivity index (χ0n) is 8.66. The predicted molar refractivity (Wildman–Crippen MR) is 61.5 cm³/mol. The molecule has 4 nitrogen and oxygen atoms in total. The van der Waals surface area contributed by atoms with Crippen LogP contribution in [0.4, 0.5) is 11.4 Å². The van der Waals surface area contributed by atoms with Gasteiger partial charge in [0.2, 0.25) is 0 Å². The summed E-state index contributed by atoms with van der Waals surface area (Å²) >= 11 is 5.91. The number of benzene rings is 1. The SMILES string of the molecule is CCC(C)Nc1c(Cl)cccc1[N+](=O)[O-]. The van der Waals surface area contributed by atoms with E-state index in [1.165, 1.54) is 6.07 Å². The molecule has 1 atom stereocenters. The van der Waals surface area contributed by atoms with Crippen molar-refractivity contribution < 1.29 is 4.92 Å². The van der Waals surface area contributed by atoms with Crippen molar-refractivity contribution in [2.45, 2.75) is 26.3 Å². The van der Waals surface area contributed by atoms with Crippen molar-refractivity contribution in [1.82, 2.24) is 0 Å². The molecule has 1 unspecified atom stereocenters. The summed E-state index contributed by atoms with van der Waals surface area (Å²) in [6, 6.07) is 4.81. The Labute approximate surface area is 93.4 Å². The molecule has 0 aliphatic heterocycles. The highest BCUT2D eigenvalue weighted by Crippen LogP contribution is 2.32. The Balaban J connectivity index is 3.07. The van der Waals surface area contributed by atoms with E-state index in [2.05, 4.69) is 5.32 Å². The molecular weight excluding hydrogens is 216 g/mol. The van der Waals surface area contributed by atoms with E-state index in [1.807, 2.05) is 13.8 Å². The van der Waals surface area contributed by atoms with Crippen LogP contribution in [0.2, 0.25) is 5.02 Å². The number of para-hydroxylation sites is 1. The Morgan fingerprint density at radius 3 is 2.80 bits per heavy atom. The van der Waals surface area contributed by atoms with E-state index in [0.717, 1.165) is 6.42 Å². The van der Waals surface area contributed by atoms with Gasteiger partial charge in [0.15, 0.2) is 0 Å². The van der Waals surface area contributed by atoms with Crippen molar-refractivity contribution in [3.8, 4) is 0 Å². The quantitative estimate of drug-likeness (QED) is 0.634. The van der Waals surface area contributed by atoms with Crippen molar-refractivity contribution in [2.24, 2.45) is 0 Å². The molecule has 0 spiro atoms. The Kier molecular flexibility index (Phi) is 3.91. The van der Waals surface area contributed by atoms with Gasteiger partial charge in [0.1, 0.15) is 5.69 Å². The van der Waals surface area contributed by atoms with Crippen LogP contribution in [0, 0.1) is 10.1 Å². The molecule has 0 bridgehead atoms. The molecule has 82 valence electrons. The summed E-state index contributed by atoms with van der Waals surface area (Å²) in [7, 11) is 0. The van der Waals surface area contributed by atoms with E-state index in [9.17, 15) is 10.1 Å². The minimum absolute atomic E-state index is 0.0165. The largest absolute Gasteiger partial charge is 0.376 e. The average Bonchev–Trinajstić information content (AvgIpc) is 2.20. The lowest BCUT2D eigenvalue weighted by molar-refractivity contribution is -0.384. The number of nitrogens with one attached hydrogen (secondary N) is 1. The second kappa shape index (κ2) is 4.98. The number of nitro benzene ring substituents is 1. The fraction of sp³-hybridized carbons (Fsp3) is 0.400. The second-order valence-corrected chi connectivity index (χ2v) is 3.75. The topological polar surface area (TPSA) is 55.2 Å². The van der Waals surface area contributed by atoms with Crippen molar-refractivity contribution in [3.63, 3.8) is 0 Å². The molecule has 15 heavy (non-hydrogen) atoms. The van der Waals surface area contributed by atoms with Gasteiger partial charge < -0.3 is 5.32 Å². The number of nitrogens with zero attached hydrogens (tertiary/aromatic N) is 1. The molecule has 0 aliphatic carbocycles. The van der Waals surface area contributed by atoms with Gasteiger partial charge in [0.25, 0.3) is 5.69 Å². The lowest BCUT2D eigenvalue weighted by atomic mass is 10.2. The molecule has 0 aromatic heterocycles. The van der Waals surface area contributed by atoms with Crippen LogP contribution in [0.1, 0.15) is 20.3 Å². The Morgan fingerprint density at radius 2 is 2.27 bits per heavy atom. The molecular formula is C10H13ClN2O2. The van der Waals surface area contributed by atoms with Gasteiger partial charge >= 0.3 is 0 Å². The van der Waals surface area contributed by atoms with Crippen LogP contribution < -0.4 is 5.32 Å². The van der Waals surface area contributed by atoms with Crippen molar-refractivity contribution in [2.75, 3.05) is 5.32 Å². The smallest absolute Gasteiger partial charge is 0.293 e. The van der Waals surface area contributed by atoms with E-state index in [-0.39, 0.29) is 11.7 Å². The standard InChI is InChI=1S/C10H13ClN2O2/c1-3-7(2)12-10-8(11)5-4-6-9(10)13(14)15/h4-7,12H,3H2,1-2H3. The number of rotatable bonds is 4. The molecule has 0 radical (unpaired) electrons. The molecule has 0 saturated carbocycles. The first-order valence-electron chi connectivity index (χ1n) is 4.75. The summed E-state index contributed by atoms with van der Waals surface area (Å²) < 4.78 is 0. The molecule has 1 rings (SSSR count). The minimum Gasteiger partial charge on any atom is -0.376 e. The molecule has 0 amide bonds. The minimum atomic E-state index is -0.434. The maximum atomic E-state index is 10.8. The van der Waals surface area contributed by atoms with Gasteiger partial charge in [-0.3, -0.25) is 10.1 Å². The Bertz CT molecular complexity index is 368. The first-order valence-corrected chi connectivity index (χ1v) is 5.13. The third-order valence-corrected chi connectivity index (χ3v) is 2.51. The fourth-order valence-electron chi connectivity index (χ4n) is 1.16. The highest BCUT2D eigenvalue weighted by Gasteiger charge is 2.17.